The van der Waals surface area contributed by atoms with E-state index in [1.807, 2.05) is 18.2 Å². The predicted molar refractivity (Wildman–Crippen MR) is 122 cm³/mol. The molecule has 0 unspecified atom stereocenters. The maximum Gasteiger partial charge on any atom is 0.161 e. The molecular weight excluding hydrogens is 415 g/mol. The van der Waals surface area contributed by atoms with Crippen LogP contribution in [0.4, 0.5) is 15.9 Å². The average Bonchev–Trinajstić information content (AvgIpc) is 3.34. The van der Waals surface area contributed by atoms with E-state index in [0.717, 1.165) is 27.8 Å². The number of aromatic nitrogens is 2. The summed E-state index contributed by atoms with van der Waals surface area (Å²) in [5.41, 5.74) is 7.89. The molecule has 0 amide bonds. The zero-order valence-corrected chi connectivity index (χ0v) is 17.9. The SMILES string of the molecule is COc1cc2c3[nH][nH]c(Nc4cccc(F)c4)c-3cc2cc1OCCOCCOCCN. The molecule has 5 N–H and O–H groups in total. The Balaban J connectivity index is 1.45. The molecule has 2 aromatic carbocycles. The minimum Gasteiger partial charge on any atom is -0.493 e. The number of aromatic amines is 2. The number of nitrogens with one attached hydrogen (secondary N) is 3. The second-order valence-corrected chi connectivity index (χ2v) is 7.15. The molecular formula is C23H27FN4O4. The van der Waals surface area contributed by atoms with Crippen molar-refractivity contribution in [3.05, 3.63) is 48.3 Å². The number of nitrogens with two attached hydrogens (primary N) is 1. The fourth-order valence-corrected chi connectivity index (χ4v) is 3.51. The van der Waals surface area contributed by atoms with Gasteiger partial charge in [-0.2, -0.15) is 0 Å². The molecule has 4 rings (SSSR count). The van der Waals surface area contributed by atoms with Crippen LogP contribution in [0, 0.1) is 5.82 Å². The van der Waals surface area contributed by atoms with Gasteiger partial charge in [0.2, 0.25) is 0 Å². The number of anilines is 2. The number of H-pyrrole nitrogens is 2. The van der Waals surface area contributed by atoms with E-state index in [4.69, 9.17) is 24.7 Å². The molecule has 32 heavy (non-hydrogen) atoms. The van der Waals surface area contributed by atoms with Crippen molar-refractivity contribution in [2.24, 2.45) is 5.73 Å². The van der Waals surface area contributed by atoms with Crippen LogP contribution in [0.15, 0.2) is 42.5 Å². The summed E-state index contributed by atoms with van der Waals surface area (Å²) < 4.78 is 35.7. The topological polar surface area (TPSA) is 107 Å². The quantitative estimate of drug-likeness (QED) is 0.248. The Morgan fingerprint density at radius 1 is 0.938 bits per heavy atom. The maximum absolute atomic E-state index is 13.5. The van der Waals surface area contributed by atoms with Crippen molar-refractivity contribution < 1.29 is 23.3 Å². The van der Waals surface area contributed by atoms with Crippen molar-refractivity contribution >= 4 is 22.3 Å². The first-order chi connectivity index (χ1) is 15.7. The van der Waals surface area contributed by atoms with Gasteiger partial charge in [-0.3, -0.25) is 10.2 Å². The molecule has 0 saturated heterocycles. The van der Waals surface area contributed by atoms with Crippen LogP contribution in [0.2, 0.25) is 0 Å². The zero-order valence-electron chi connectivity index (χ0n) is 17.9. The molecule has 0 atom stereocenters. The average molecular weight is 442 g/mol. The maximum atomic E-state index is 13.5. The Morgan fingerprint density at radius 2 is 1.75 bits per heavy atom. The summed E-state index contributed by atoms with van der Waals surface area (Å²) in [5.74, 6) is 1.71. The lowest BCUT2D eigenvalue weighted by molar-refractivity contribution is 0.0385. The highest BCUT2D eigenvalue weighted by Gasteiger charge is 2.19. The largest absolute Gasteiger partial charge is 0.493 e. The number of hydrogen-bond acceptors (Lipinski definition) is 6. The molecule has 9 heteroatoms. The Hall–Kier alpha value is -3.27. The van der Waals surface area contributed by atoms with E-state index in [1.54, 1.807) is 19.2 Å². The van der Waals surface area contributed by atoms with Crippen molar-refractivity contribution in [3.8, 4) is 22.8 Å². The molecule has 0 fully saturated rings. The van der Waals surface area contributed by atoms with Gasteiger partial charge in [0, 0.05) is 23.2 Å². The molecule has 0 spiro atoms. The molecule has 2 aromatic rings. The van der Waals surface area contributed by atoms with Gasteiger partial charge >= 0.3 is 0 Å². The predicted octanol–water partition coefficient (Wildman–Crippen LogP) is 3.86. The molecule has 0 aromatic heterocycles. The molecule has 2 aliphatic rings. The Morgan fingerprint density at radius 3 is 2.53 bits per heavy atom. The minimum atomic E-state index is -0.298. The van der Waals surface area contributed by atoms with Crippen molar-refractivity contribution in [1.29, 1.82) is 0 Å². The lowest BCUT2D eigenvalue weighted by Crippen LogP contribution is -2.14. The van der Waals surface area contributed by atoms with E-state index >= 15 is 0 Å². The van der Waals surface area contributed by atoms with Gasteiger partial charge in [-0.1, -0.05) is 6.07 Å². The fraction of sp³-hybridized carbons (Fsp3) is 0.304. The number of benzene rings is 2. The number of methoxy groups -OCH3 is 1. The lowest BCUT2D eigenvalue weighted by atomic mass is 10.2. The number of hydrogen-bond donors (Lipinski definition) is 4. The van der Waals surface area contributed by atoms with E-state index in [0.29, 0.717) is 56.8 Å². The second-order valence-electron chi connectivity index (χ2n) is 7.15. The van der Waals surface area contributed by atoms with Crippen LogP contribution in [0.25, 0.3) is 22.0 Å². The highest BCUT2D eigenvalue weighted by atomic mass is 19.1. The summed E-state index contributed by atoms with van der Waals surface area (Å²) in [6.07, 6.45) is 0. The summed E-state index contributed by atoms with van der Waals surface area (Å²) in [7, 11) is 1.61. The second kappa shape index (κ2) is 10.4. The standard InChI is InChI=1S/C23H27FN4O4/c1-29-20-14-18-15(12-21(20)32-10-9-31-8-7-30-6-5-25)11-19-22(18)27-28-23(19)26-17-4-2-3-16(24)13-17/h2-4,11-14,26-28H,5-10,25H2,1H3. The summed E-state index contributed by atoms with van der Waals surface area (Å²) in [4.78, 5) is 0. The van der Waals surface area contributed by atoms with Crippen LogP contribution in [0.3, 0.4) is 0 Å². The van der Waals surface area contributed by atoms with Crippen LogP contribution in [0.1, 0.15) is 0 Å². The summed E-state index contributed by atoms with van der Waals surface area (Å²) in [6, 6.07) is 12.2. The van der Waals surface area contributed by atoms with Gasteiger partial charge in [-0.25, -0.2) is 4.39 Å². The Bertz CT molecular complexity index is 1130. The molecule has 0 saturated carbocycles. The van der Waals surface area contributed by atoms with Crippen LogP contribution >= 0.6 is 0 Å². The third-order valence-corrected chi connectivity index (χ3v) is 4.97. The van der Waals surface area contributed by atoms with Crippen molar-refractivity contribution in [2.45, 2.75) is 0 Å². The van der Waals surface area contributed by atoms with Crippen molar-refractivity contribution in [1.82, 2.24) is 10.2 Å². The first-order valence-electron chi connectivity index (χ1n) is 10.4. The van der Waals surface area contributed by atoms with Crippen LogP contribution in [-0.4, -0.2) is 56.9 Å². The number of halogens is 1. The third kappa shape index (κ3) is 4.96. The molecule has 0 radical (unpaired) electrons. The van der Waals surface area contributed by atoms with Gasteiger partial charge in [0.15, 0.2) is 11.5 Å². The van der Waals surface area contributed by atoms with Gasteiger partial charge < -0.3 is 30.0 Å². The summed E-state index contributed by atoms with van der Waals surface area (Å²) in [6.45, 7) is 2.85. The van der Waals surface area contributed by atoms with E-state index < -0.39 is 0 Å². The van der Waals surface area contributed by atoms with Crippen LogP contribution < -0.4 is 20.5 Å². The molecule has 170 valence electrons. The molecule has 8 nitrogen and oxygen atoms in total. The number of ether oxygens (including phenoxy) is 4. The van der Waals surface area contributed by atoms with Gasteiger partial charge in [0.1, 0.15) is 18.2 Å². The zero-order chi connectivity index (χ0) is 22.3. The molecule has 1 aliphatic heterocycles. The first kappa shape index (κ1) is 21.9. The number of rotatable bonds is 12. The highest BCUT2D eigenvalue weighted by Crippen LogP contribution is 2.42. The molecule has 1 heterocycles. The van der Waals surface area contributed by atoms with E-state index in [2.05, 4.69) is 15.5 Å². The monoisotopic (exact) mass is 442 g/mol. The Kier molecular flexibility index (Phi) is 7.10. The molecule has 0 bridgehead atoms. The number of fused-ring (bicyclic) bond motifs is 3. The van der Waals surface area contributed by atoms with Gasteiger partial charge in [-0.05, 0) is 41.8 Å². The van der Waals surface area contributed by atoms with E-state index in [9.17, 15) is 4.39 Å². The van der Waals surface area contributed by atoms with Gasteiger partial charge in [-0.15, -0.1) is 0 Å². The lowest BCUT2D eigenvalue weighted by Gasteiger charge is -2.11. The van der Waals surface area contributed by atoms with Gasteiger partial charge in [0.25, 0.3) is 0 Å². The van der Waals surface area contributed by atoms with Crippen LogP contribution in [0.5, 0.6) is 11.5 Å². The normalized spacial score (nSPS) is 11.3. The van der Waals surface area contributed by atoms with Crippen LogP contribution in [-0.2, 0) is 9.47 Å². The van der Waals surface area contributed by atoms with Gasteiger partial charge in [0.05, 0.1) is 39.2 Å². The Labute approximate surface area is 185 Å². The van der Waals surface area contributed by atoms with Crippen molar-refractivity contribution in [2.75, 3.05) is 52.0 Å². The summed E-state index contributed by atoms with van der Waals surface area (Å²) in [5, 5.41) is 11.5. The minimum absolute atomic E-state index is 0.298. The summed E-state index contributed by atoms with van der Waals surface area (Å²) >= 11 is 0. The fourth-order valence-electron chi connectivity index (χ4n) is 3.51. The highest BCUT2D eigenvalue weighted by molar-refractivity contribution is 6.05. The van der Waals surface area contributed by atoms with Crippen molar-refractivity contribution in [3.63, 3.8) is 0 Å². The molecule has 1 aliphatic carbocycles. The van der Waals surface area contributed by atoms with E-state index in [1.165, 1.54) is 12.1 Å². The first-order valence-corrected chi connectivity index (χ1v) is 10.4. The third-order valence-electron chi connectivity index (χ3n) is 4.97. The smallest absolute Gasteiger partial charge is 0.161 e. The van der Waals surface area contributed by atoms with E-state index in [-0.39, 0.29) is 5.82 Å².